The molecule has 66 heavy (non-hydrogen) atoms. The van der Waals surface area contributed by atoms with Crippen molar-refractivity contribution in [3.05, 3.63) is 35.9 Å². The smallest absolute Gasteiger partial charge is 0.245 e. The molecule has 0 aromatic heterocycles. The van der Waals surface area contributed by atoms with Gasteiger partial charge in [0.1, 0.15) is 48.6 Å². The van der Waals surface area contributed by atoms with Crippen LogP contribution in [-0.2, 0) is 59.2 Å². The highest BCUT2D eigenvalue weighted by Gasteiger charge is 2.38. The number of nitrogens with zero attached hydrogens (tertiary/aromatic N) is 1. The third-order valence-corrected chi connectivity index (χ3v) is 10.6. The molecule has 0 bridgehead atoms. The Hall–Kier alpha value is -6.53. The van der Waals surface area contributed by atoms with Crippen LogP contribution in [0.2, 0.25) is 0 Å². The fourth-order valence-corrected chi connectivity index (χ4v) is 6.86. The lowest BCUT2D eigenvalue weighted by molar-refractivity contribution is -0.140. The van der Waals surface area contributed by atoms with E-state index >= 15 is 0 Å². The maximum absolute atomic E-state index is 13.8. The average Bonchev–Trinajstić information content (AvgIpc) is 3.77. The number of benzene rings is 1. The molecule has 15 N–H and O–H groups in total. The van der Waals surface area contributed by atoms with Crippen LogP contribution in [0.25, 0.3) is 0 Å². The number of hydrogen-bond donors (Lipinski definition) is 12. The quantitative estimate of drug-likeness (QED) is 0.0349. The topological polar surface area (TPSA) is 394 Å². The van der Waals surface area contributed by atoms with Gasteiger partial charge in [-0.15, -0.1) is 0 Å². The van der Waals surface area contributed by atoms with E-state index in [9.17, 15) is 57.8 Å². The monoisotopic (exact) mass is 931 g/mol. The van der Waals surface area contributed by atoms with Crippen LogP contribution in [-0.4, -0.2) is 155 Å². The highest BCUT2D eigenvalue weighted by Crippen LogP contribution is 2.19. The van der Waals surface area contributed by atoms with E-state index in [1.54, 1.807) is 37.3 Å². The second kappa shape index (κ2) is 27.7. The molecule has 0 saturated carbocycles. The van der Waals surface area contributed by atoms with Gasteiger partial charge in [0.2, 0.25) is 59.1 Å². The average molecular weight is 932 g/mol. The van der Waals surface area contributed by atoms with Gasteiger partial charge in [-0.3, -0.25) is 47.9 Å². The maximum atomic E-state index is 13.8. The Bertz CT molecular complexity index is 1890. The lowest BCUT2D eigenvalue weighted by Gasteiger charge is -2.29. The van der Waals surface area contributed by atoms with Gasteiger partial charge in [0.25, 0.3) is 0 Å². The van der Waals surface area contributed by atoms with Crippen LogP contribution in [0.1, 0.15) is 71.8 Å². The lowest BCUT2D eigenvalue weighted by Crippen LogP contribution is -2.60. The standard InChI is InChI=1S/C42H65N11O13/c1-5-23(4)35(42(66)47-25(19-54)14-22(2)3)52-41(65)31-12-9-13-53(31)34(59)18-46-37(61)27(15-24-10-7-6-8-11-24)48-38(62)28(16-32(44)57)49-39(63)29(17-33(45)58)50-40(64)30(21-56)51-36(60)26(43)20-55/h6-8,10-11,19,22-23,25-31,35,55-56H,5,9,12-18,20-21,43H2,1-4H3,(H2,44,57)(H2,45,58)(H,46,61)(H,47,66)(H,48,62)(H,49,63)(H,50,64)(H,51,60)(H,52,65)/t23-,25-,26-,27-,28-,29-,30-,31-,35-/m0/s1. The zero-order valence-corrected chi connectivity index (χ0v) is 37.6. The molecule has 9 atom stereocenters. The molecular weight excluding hydrogens is 867 g/mol. The summed E-state index contributed by atoms with van der Waals surface area (Å²) < 4.78 is 0. The van der Waals surface area contributed by atoms with Gasteiger partial charge in [-0.2, -0.15) is 0 Å². The second-order valence-electron chi connectivity index (χ2n) is 16.5. The number of amides is 10. The first-order valence-electron chi connectivity index (χ1n) is 21.6. The number of primary amides is 2. The molecule has 1 saturated heterocycles. The maximum Gasteiger partial charge on any atom is 0.245 e. The third kappa shape index (κ3) is 18.2. The summed E-state index contributed by atoms with van der Waals surface area (Å²) in [6.07, 6.45) is 0.341. The number of likely N-dealkylation sites (tertiary alicyclic amines) is 1. The normalized spacial score (nSPS) is 17.0. The Labute approximate surface area is 382 Å². The van der Waals surface area contributed by atoms with Crippen LogP contribution in [0.3, 0.4) is 0 Å². The molecule has 1 heterocycles. The Morgan fingerprint density at radius 3 is 1.77 bits per heavy atom. The van der Waals surface area contributed by atoms with Crippen LogP contribution in [0.4, 0.5) is 0 Å². The predicted molar refractivity (Wildman–Crippen MR) is 234 cm³/mol. The minimum atomic E-state index is -1.84. The molecule has 2 rings (SSSR count). The number of carbonyl (C=O) groups is 11. The summed E-state index contributed by atoms with van der Waals surface area (Å²) in [5, 5.41) is 35.5. The number of carbonyl (C=O) groups excluding carboxylic acids is 11. The van der Waals surface area contributed by atoms with Gasteiger partial charge >= 0.3 is 0 Å². The van der Waals surface area contributed by atoms with E-state index in [4.69, 9.17) is 22.3 Å². The molecule has 24 nitrogen and oxygen atoms in total. The van der Waals surface area contributed by atoms with Crippen LogP contribution in [0.15, 0.2) is 30.3 Å². The summed E-state index contributed by atoms with van der Waals surface area (Å²) in [7, 11) is 0. The van der Waals surface area contributed by atoms with Crippen LogP contribution in [0, 0.1) is 11.8 Å². The molecule has 0 radical (unpaired) electrons. The highest BCUT2D eigenvalue weighted by molar-refractivity contribution is 5.99. The molecule has 1 aliphatic rings. The first-order chi connectivity index (χ1) is 31.1. The van der Waals surface area contributed by atoms with Gasteiger partial charge in [-0.1, -0.05) is 64.4 Å². The van der Waals surface area contributed by atoms with Gasteiger partial charge in [0, 0.05) is 13.0 Å². The number of nitrogens with two attached hydrogens (primary N) is 3. The number of hydrogen-bond acceptors (Lipinski definition) is 14. The Kier molecular flexibility index (Phi) is 23.4. The van der Waals surface area contributed by atoms with Gasteiger partial charge in [-0.05, 0) is 36.7 Å². The van der Waals surface area contributed by atoms with Crippen molar-refractivity contribution in [2.45, 2.75) is 121 Å². The fourth-order valence-electron chi connectivity index (χ4n) is 6.86. The molecule has 10 amide bonds. The van der Waals surface area contributed by atoms with E-state index in [0.717, 1.165) is 0 Å². The second-order valence-corrected chi connectivity index (χ2v) is 16.5. The summed E-state index contributed by atoms with van der Waals surface area (Å²) in [6.45, 7) is 5.10. The van der Waals surface area contributed by atoms with Gasteiger partial charge in [0.15, 0.2) is 0 Å². The first-order valence-corrected chi connectivity index (χ1v) is 21.6. The van der Waals surface area contributed by atoms with Gasteiger partial charge < -0.3 is 74.3 Å². The van der Waals surface area contributed by atoms with Crippen molar-refractivity contribution in [1.82, 2.24) is 42.1 Å². The Morgan fingerprint density at radius 2 is 1.27 bits per heavy atom. The third-order valence-electron chi connectivity index (χ3n) is 10.6. The summed E-state index contributed by atoms with van der Waals surface area (Å²) >= 11 is 0. The number of aldehydes is 1. The minimum absolute atomic E-state index is 0.112. The van der Waals surface area contributed by atoms with Crippen molar-refractivity contribution in [3.63, 3.8) is 0 Å². The summed E-state index contributed by atoms with van der Waals surface area (Å²) in [5.74, 6) is -9.74. The van der Waals surface area contributed by atoms with Gasteiger partial charge in [-0.25, -0.2) is 0 Å². The largest absolute Gasteiger partial charge is 0.394 e. The zero-order valence-electron chi connectivity index (χ0n) is 37.6. The van der Waals surface area contributed by atoms with Crippen molar-refractivity contribution in [1.29, 1.82) is 0 Å². The van der Waals surface area contributed by atoms with Gasteiger partial charge in [0.05, 0.1) is 38.6 Å². The van der Waals surface area contributed by atoms with Crippen molar-refractivity contribution in [2.24, 2.45) is 29.0 Å². The molecular formula is C42H65N11O13. The summed E-state index contributed by atoms with van der Waals surface area (Å²) in [5.41, 5.74) is 16.6. The number of aliphatic hydroxyl groups excluding tert-OH is 2. The van der Waals surface area contributed by atoms with E-state index in [2.05, 4.69) is 37.2 Å². The summed E-state index contributed by atoms with van der Waals surface area (Å²) in [4.78, 5) is 144. The van der Waals surface area contributed by atoms with Crippen LogP contribution in [0.5, 0.6) is 0 Å². The molecule has 0 spiro atoms. The molecule has 366 valence electrons. The molecule has 1 aromatic rings. The SMILES string of the molecule is CC[C@H](C)[C@H](NC(=O)[C@@H]1CCCN1C(=O)CNC(=O)[C@H](Cc1ccccc1)NC(=O)[C@H](CC(N)=O)NC(=O)[C@H](CC(N)=O)NC(=O)[C@H](CO)NC(=O)[C@@H](N)CO)C(=O)N[C@H](C=O)CC(C)C. The minimum Gasteiger partial charge on any atom is -0.394 e. The molecule has 1 aliphatic heterocycles. The molecule has 24 heteroatoms. The van der Waals surface area contributed by atoms with Crippen molar-refractivity contribution in [3.8, 4) is 0 Å². The van der Waals surface area contributed by atoms with Crippen LogP contribution < -0.4 is 54.4 Å². The summed E-state index contributed by atoms with van der Waals surface area (Å²) in [6, 6.07) is -2.79. The van der Waals surface area contributed by atoms with Crippen molar-refractivity contribution >= 4 is 65.4 Å². The Balaban J connectivity index is 2.27. The number of nitrogens with one attached hydrogen (secondary N) is 7. The molecule has 1 aromatic carbocycles. The van der Waals surface area contributed by atoms with Crippen molar-refractivity contribution < 1.29 is 63.0 Å². The van der Waals surface area contributed by atoms with E-state index in [1.165, 1.54) is 4.90 Å². The lowest BCUT2D eigenvalue weighted by atomic mass is 9.96. The molecule has 0 unspecified atom stereocenters. The Morgan fingerprint density at radius 1 is 0.727 bits per heavy atom. The predicted octanol–water partition coefficient (Wildman–Crippen LogP) is -5.40. The fraction of sp³-hybridized carbons (Fsp3) is 0.595. The van der Waals surface area contributed by atoms with E-state index in [0.29, 0.717) is 31.1 Å². The van der Waals surface area contributed by atoms with E-state index < -0.39 is 140 Å². The molecule has 1 fully saturated rings. The number of rotatable bonds is 28. The zero-order chi connectivity index (χ0) is 49.7. The molecule has 0 aliphatic carbocycles. The van der Waals surface area contributed by atoms with E-state index in [-0.39, 0.29) is 31.2 Å². The van der Waals surface area contributed by atoms with Crippen LogP contribution >= 0.6 is 0 Å². The number of aliphatic hydroxyl groups is 2. The van der Waals surface area contributed by atoms with E-state index in [1.807, 2.05) is 20.8 Å². The highest BCUT2D eigenvalue weighted by atomic mass is 16.3. The van der Waals surface area contributed by atoms with Crippen molar-refractivity contribution in [2.75, 3.05) is 26.3 Å². The first kappa shape index (κ1) is 55.6.